The Balaban J connectivity index is 1.69. The first-order chi connectivity index (χ1) is 15.9. The van der Waals surface area contributed by atoms with Gasteiger partial charge in [-0.15, -0.1) is 0 Å². The first-order valence-electron chi connectivity index (χ1n) is 9.23. The van der Waals surface area contributed by atoms with Crippen LogP contribution < -0.4 is 14.8 Å². The fraction of sp³-hybridized carbons (Fsp3) is 0.0952. The molecule has 0 unspecified atom stereocenters. The van der Waals surface area contributed by atoms with Crippen molar-refractivity contribution >= 4 is 62.1 Å². The maximum absolute atomic E-state index is 12.9. The molecule has 0 spiro atoms. The predicted octanol–water partition coefficient (Wildman–Crippen LogP) is 6.48. The molecule has 2 N–H and O–H groups in total. The third kappa shape index (κ3) is 6.47. The van der Waals surface area contributed by atoms with Crippen LogP contribution in [0.4, 0.5) is 24.5 Å². The molecule has 6 nitrogen and oxygen atoms in total. The highest BCUT2D eigenvalue weighted by Gasteiger charge is 2.30. The minimum atomic E-state index is -4.63. The summed E-state index contributed by atoms with van der Waals surface area (Å²) < 4.78 is 71.1. The molecule has 0 aliphatic rings. The molecule has 3 aromatic carbocycles. The molecule has 34 heavy (non-hydrogen) atoms. The Labute approximate surface area is 207 Å². The lowest BCUT2D eigenvalue weighted by molar-refractivity contribution is -0.137. The van der Waals surface area contributed by atoms with Crippen molar-refractivity contribution in [1.82, 2.24) is 0 Å². The number of alkyl halides is 3. The second kappa shape index (κ2) is 10.3. The van der Waals surface area contributed by atoms with Crippen LogP contribution in [0.2, 0.25) is 15.1 Å². The van der Waals surface area contributed by atoms with Crippen LogP contribution in [0.3, 0.4) is 0 Å². The van der Waals surface area contributed by atoms with E-state index in [1.807, 2.05) is 0 Å². The summed E-state index contributed by atoms with van der Waals surface area (Å²) >= 11 is 18.0. The van der Waals surface area contributed by atoms with Gasteiger partial charge in [0.1, 0.15) is 5.75 Å². The second-order valence-electron chi connectivity index (χ2n) is 6.71. The van der Waals surface area contributed by atoms with Gasteiger partial charge in [-0.05, 0) is 48.5 Å². The number of halogens is 6. The largest absolute Gasteiger partial charge is 0.482 e. The van der Waals surface area contributed by atoms with Crippen molar-refractivity contribution in [2.24, 2.45) is 0 Å². The Morgan fingerprint density at radius 1 is 0.912 bits per heavy atom. The molecular formula is C21H14Cl3F3N2O4S. The van der Waals surface area contributed by atoms with Crippen molar-refractivity contribution in [2.45, 2.75) is 11.1 Å². The van der Waals surface area contributed by atoms with E-state index >= 15 is 0 Å². The van der Waals surface area contributed by atoms with Gasteiger partial charge >= 0.3 is 6.18 Å². The highest BCUT2D eigenvalue weighted by molar-refractivity contribution is 7.92. The molecule has 1 amide bonds. The summed E-state index contributed by atoms with van der Waals surface area (Å²) in [6, 6.07) is 11.8. The number of hydrogen-bond donors (Lipinski definition) is 2. The lowest BCUT2D eigenvalue weighted by Gasteiger charge is -2.13. The summed E-state index contributed by atoms with van der Waals surface area (Å²) in [6.07, 6.45) is -4.63. The molecule has 3 aromatic rings. The third-order valence-electron chi connectivity index (χ3n) is 4.24. The number of amides is 1. The fourth-order valence-electron chi connectivity index (χ4n) is 2.67. The van der Waals surface area contributed by atoms with E-state index < -0.39 is 34.3 Å². The molecular weight excluding hydrogens is 540 g/mol. The Kier molecular flexibility index (Phi) is 7.87. The van der Waals surface area contributed by atoms with Gasteiger partial charge in [-0.25, -0.2) is 8.42 Å². The van der Waals surface area contributed by atoms with Gasteiger partial charge in [-0.2, -0.15) is 13.2 Å². The molecule has 0 radical (unpaired) electrons. The molecule has 0 fully saturated rings. The molecule has 0 saturated heterocycles. The quantitative estimate of drug-likeness (QED) is 0.351. The predicted molar refractivity (Wildman–Crippen MR) is 124 cm³/mol. The van der Waals surface area contributed by atoms with Gasteiger partial charge in [0.2, 0.25) is 0 Å². The van der Waals surface area contributed by atoms with E-state index in [4.69, 9.17) is 39.5 Å². The van der Waals surface area contributed by atoms with E-state index in [1.54, 1.807) is 6.07 Å². The molecule has 0 aliphatic carbocycles. The van der Waals surface area contributed by atoms with E-state index in [2.05, 4.69) is 10.0 Å². The highest BCUT2D eigenvalue weighted by Crippen LogP contribution is 2.33. The number of nitrogens with one attached hydrogen (secondary N) is 2. The number of anilines is 2. The molecule has 0 bridgehead atoms. The topological polar surface area (TPSA) is 84.5 Å². The molecule has 3 rings (SSSR count). The van der Waals surface area contributed by atoms with Gasteiger partial charge in [0.25, 0.3) is 15.9 Å². The van der Waals surface area contributed by atoms with Gasteiger partial charge in [0, 0.05) is 5.69 Å². The van der Waals surface area contributed by atoms with Crippen LogP contribution in [0.1, 0.15) is 5.56 Å². The second-order valence-corrected chi connectivity index (χ2v) is 9.61. The van der Waals surface area contributed by atoms with Crippen molar-refractivity contribution in [1.29, 1.82) is 0 Å². The monoisotopic (exact) mass is 552 g/mol. The average Bonchev–Trinajstić information content (AvgIpc) is 2.75. The Hall–Kier alpha value is -2.66. The zero-order valence-electron chi connectivity index (χ0n) is 16.8. The van der Waals surface area contributed by atoms with Gasteiger partial charge in [0.05, 0.1) is 31.2 Å². The lowest BCUT2D eigenvalue weighted by Crippen LogP contribution is -2.20. The minimum absolute atomic E-state index is 0.0000843. The summed E-state index contributed by atoms with van der Waals surface area (Å²) in [5.74, 6) is -0.603. The highest BCUT2D eigenvalue weighted by atomic mass is 35.5. The van der Waals surface area contributed by atoms with Crippen LogP contribution in [0.5, 0.6) is 5.75 Å². The molecule has 0 atom stereocenters. The number of rotatable bonds is 7. The number of ether oxygens (including phenoxy) is 1. The average molecular weight is 554 g/mol. The van der Waals surface area contributed by atoms with Crippen LogP contribution in [-0.4, -0.2) is 20.9 Å². The van der Waals surface area contributed by atoms with Gasteiger partial charge in [-0.3, -0.25) is 9.52 Å². The summed E-state index contributed by atoms with van der Waals surface area (Å²) in [6.45, 7) is -0.490. The number of para-hydroxylation sites is 1. The summed E-state index contributed by atoms with van der Waals surface area (Å²) in [5, 5.41) is 2.79. The fourth-order valence-corrected chi connectivity index (χ4v) is 4.54. The molecule has 0 aromatic heterocycles. The van der Waals surface area contributed by atoms with Crippen LogP contribution in [0, 0.1) is 0 Å². The van der Waals surface area contributed by atoms with Crippen molar-refractivity contribution in [3.05, 3.63) is 81.3 Å². The number of sulfonamides is 1. The molecule has 0 saturated carbocycles. The molecule has 0 heterocycles. The standard InChI is InChI=1S/C21H14Cl3F3N2O4S/c22-15-5-2-6-16(23)20(15)28-19(30)11-33-18-8-7-14(10-17(18)24)34(31,32)29-13-4-1-3-12(9-13)21(25,26)27/h1-10,29H,11H2,(H,28,30). The normalized spacial score (nSPS) is 11.7. The molecule has 0 aliphatic heterocycles. The number of carbonyl (C=O) groups excluding carboxylic acids is 1. The minimum Gasteiger partial charge on any atom is -0.482 e. The van der Waals surface area contributed by atoms with Crippen LogP contribution in [0.15, 0.2) is 65.6 Å². The van der Waals surface area contributed by atoms with Crippen molar-refractivity contribution in [2.75, 3.05) is 16.6 Å². The van der Waals surface area contributed by atoms with Crippen molar-refractivity contribution in [3.8, 4) is 5.75 Å². The maximum Gasteiger partial charge on any atom is 0.416 e. The zero-order valence-corrected chi connectivity index (χ0v) is 19.9. The Morgan fingerprint density at radius 3 is 2.18 bits per heavy atom. The number of hydrogen-bond acceptors (Lipinski definition) is 4. The van der Waals surface area contributed by atoms with Crippen molar-refractivity contribution < 1.29 is 31.1 Å². The van der Waals surface area contributed by atoms with E-state index in [9.17, 15) is 26.4 Å². The number of carbonyl (C=O) groups is 1. The molecule has 13 heteroatoms. The first kappa shape index (κ1) is 26.0. The molecule has 180 valence electrons. The Morgan fingerprint density at radius 2 is 1.56 bits per heavy atom. The van der Waals surface area contributed by atoms with E-state index in [0.29, 0.717) is 6.07 Å². The van der Waals surface area contributed by atoms with Crippen molar-refractivity contribution in [3.63, 3.8) is 0 Å². The van der Waals surface area contributed by atoms with Crippen LogP contribution >= 0.6 is 34.8 Å². The maximum atomic E-state index is 12.9. The lowest BCUT2D eigenvalue weighted by atomic mass is 10.2. The van der Waals surface area contributed by atoms with E-state index in [-0.39, 0.29) is 37.1 Å². The van der Waals surface area contributed by atoms with Gasteiger partial charge in [-0.1, -0.05) is 46.9 Å². The van der Waals surface area contributed by atoms with E-state index in [1.165, 1.54) is 24.3 Å². The summed E-state index contributed by atoms with van der Waals surface area (Å²) in [5.41, 5.74) is -1.08. The SMILES string of the molecule is O=C(COc1ccc(S(=O)(=O)Nc2cccc(C(F)(F)F)c2)cc1Cl)Nc1c(Cl)cccc1Cl. The summed E-state index contributed by atoms with van der Waals surface area (Å²) in [7, 11) is -4.26. The van der Waals surface area contributed by atoms with Crippen LogP contribution in [0.25, 0.3) is 0 Å². The van der Waals surface area contributed by atoms with Gasteiger partial charge in [0.15, 0.2) is 6.61 Å². The van der Waals surface area contributed by atoms with Gasteiger partial charge < -0.3 is 10.1 Å². The third-order valence-corrected chi connectivity index (χ3v) is 6.55. The summed E-state index contributed by atoms with van der Waals surface area (Å²) in [4.78, 5) is 11.8. The Bertz CT molecular complexity index is 1310. The van der Waals surface area contributed by atoms with Crippen LogP contribution in [-0.2, 0) is 21.0 Å². The van der Waals surface area contributed by atoms with E-state index in [0.717, 1.165) is 24.3 Å². The number of benzene rings is 3. The zero-order chi connectivity index (χ0) is 25.1. The first-order valence-corrected chi connectivity index (χ1v) is 11.8. The smallest absolute Gasteiger partial charge is 0.416 e.